The van der Waals surface area contributed by atoms with Crippen LogP contribution in [-0.4, -0.2) is 36.5 Å². The molecule has 3 rings (SSSR count). The Morgan fingerprint density at radius 2 is 2.14 bits per heavy atom. The predicted octanol–water partition coefficient (Wildman–Crippen LogP) is 1.88. The number of benzene rings is 1. The number of hydrogen-bond acceptors (Lipinski definition) is 4. The number of likely N-dealkylation sites (tertiary alicyclic amines) is 1. The number of hydrogen-bond donors (Lipinski definition) is 0. The number of nitrogens with zero attached hydrogens (tertiary/aromatic N) is 2. The van der Waals surface area contributed by atoms with E-state index in [9.17, 15) is 17.1 Å². The molecule has 0 bridgehead atoms. The highest BCUT2D eigenvalue weighted by atomic mass is 32.3. The predicted molar refractivity (Wildman–Crippen MR) is 80.2 cm³/mol. The molecule has 0 saturated carbocycles. The average molecular weight is 322 g/mol. The Hall–Kier alpha value is -2.02. The minimum atomic E-state index is -4.55. The van der Waals surface area contributed by atoms with Crippen molar-refractivity contribution in [2.24, 2.45) is 5.92 Å². The van der Waals surface area contributed by atoms with Gasteiger partial charge in [-0.25, -0.2) is 0 Å². The maximum absolute atomic E-state index is 12.8. The van der Waals surface area contributed by atoms with Crippen LogP contribution in [0.1, 0.15) is 12.0 Å². The summed E-state index contributed by atoms with van der Waals surface area (Å²) in [5.41, 5.74) is 0.969. The van der Waals surface area contributed by atoms with Crippen LogP contribution in [-0.2, 0) is 21.6 Å². The van der Waals surface area contributed by atoms with Gasteiger partial charge in [0.15, 0.2) is 0 Å². The van der Waals surface area contributed by atoms with Crippen molar-refractivity contribution in [3.8, 4) is 0 Å². The Kier molecular flexibility index (Phi) is 3.82. The molecule has 1 aromatic carbocycles. The van der Waals surface area contributed by atoms with Crippen LogP contribution in [0.3, 0.4) is 0 Å². The molecular weight excluding hydrogens is 307 g/mol. The van der Waals surface area contributed by atoms with Crippen LogP contribution in [0.15, 0.2) is 36.7 Å². The normalized spacial score (nSPS) is 19.0. The highest BCUT2D eigenvalue weighted by molar-refractivity contribution is 7.86. The molecular formula is C15H15FN2O3S. The molecule has 0 N–H and O–H groups in total. The van der Waals surface area contributed by atoms with E-state index in [1.165, 1.54) is 0 Å². The summed E-state index contributed by atoms with van der Waals surface area (Å²) in [6.07, 6.45) is 3.52. The molecule has 1 aromatic heterocycles. The van der Waals surface area contributed by atoms with Gasteiger partial charge in [-0.2, -0.15) is 8.42 Å². The first-order chi connectivity index (χ1) is 10.4. The summed E-state index contributed by atoms with van der Waals surface area (Å²) in [5.74, 6) is -1.20. The summed E-state index contributed by atoms with van der Waals surface area (Å²) >= 11 is 0. The minimum absolute atomic E-state index is 0.0788. The molecule has 1 atom stereocenters. The van der Waals surface area contributed by atoms with Gasteiger partial charge in [0, 0.05) is 43.2 Å². The zero-order valence-corrected chi connectivity index (χ0v) is 12.6. The number of pyridine rings is 1. The van der Waals surface area contributed by atoms with Gasteiger partial charge in [-0.15, -0.1) is 3.89 Å². The minimum Gasteiger partial charge on any atom is -0.338 e. The van der Waals surface area contributed by atoms with Crippen molar-refractivity contribution in [1.29, 1.82) is 0 Å². The summed E-state index contributed by atoms with van der Waals surface area (Å²) in [6, 6.07) is 7.64. The third-order valence-corrected chi connectivity index (χ3v) is 4.73. The number of halogens is 1. The van der Waals surface area contributed by atoms with Crippen LogP contribution in [0, 0.1) is 5.92 Å². The summed E-state index contributed by atoms with van der Waals surface area (Å²) in [7, 11) is -4.55. The van der Waals surface area contributed by atoms with Gasteiger partial charge >= 0.3 is 10.2 Å². The van der Waals surface area contributed by atoms with Crippen LogP contribution in [0.4, 0.5) is 3.89 Å². The number of aromatic nitrogens is 1. The lowest BCUT2D eigenvalue weighted by Gasteiger charge is -2.17. The average Bonchev–Trinajstić information content (AvgIpc) is 2.77. The molecule has 0 radical (unpaired) electrons. The maximum Gasteiger partial charge on any atom is 0.302 e. The molecule has 1 aliphatic heterocycles. The smallest absolute Gasteiger partial charge is 0.302 e. The molecule has 2 heterocycles. The number of fused-ring (bicyclic) bond motifs is 1. The fourth-order valence-electron chi connectivity index (χ4n) is 2.93. The van der Waals surface area contributed by atoms with Crippen molar-refractivity contribution in [1.82, 2.24) is 9.88 Å². The Balaban J connectivity index is 1.79. The molecule has 1 saturated heterocycles. The molecule has 2 aromatic rings. The van der Waals surface area contributed by atoms with E-state index in [2.05, 4.69) is 4.98 Å². The third kappa shape index (κ3) is 3.24. The van der Waals surface area contributed by atoms with Gasteiger partial charge in [0.25, 0.3) is 0 Å². The van der Waals surface area contributed by atoms with E-state index in [0.717, 1.165) is 16.3 Å². The van der Waals surface area contributed by atoms with Crippen molar-refractivity contribution in [2.45, 2.75) is 13.0 Å². The highest BCUT2D eigenvalue weighted by Gasteiger charge is 2.32. The fourth-order valence-corrected chi connectivity index (χ4v) is 3.72. The Bertz CT molecular complexity index is 817. The lowest BCUT2D eigenvalue weighted by Crippen LogP contribution is -2.25. The van der Waals surface area contributed by atoms with Crippen LogP contribution >= 0.6 is 0 Å². The first kappa shape index (κ1) is 14.9. The molecule has 1 amide bonds. The SMILES string of the molecule is O=C1CC(CS(=O)(=O)F)CN1Cc1cccc2cnccc12. The molecule has 0 spiro atoms. The van der Waals surface area contributed by atoms with E-state index < -0.39 is 21.9 Å². The van der Waals surface area contributed by atoms with E-state index in [4.69, 9.17) is 0 Å². The fraction of sp³-hybridized carbons (Fsp3) is 0.333. The first-order valence-corrected chi connectivity index (χ1v) is 8.49. The standard InChI is InChI=1S/C15H15FN2O3S/c16-22(20,21)10-11-6-15(19)18(8-11)9-13-3-1-2-12-7-17-5-4-14(12)13/h1-5,7,11H,6,8-10H2. The second-order valence-corrected chi connectivity index (χ2v) is 6.97. The van der Waals surface area contributed by atoms with Gasteiger partial charge in [-0.1, -0.05) is 18.2 Å². The number of carbonyl (C=O) groups is 1. The van der Waals surface area contributed by atoms with Gasteiger partial charge < -0.3 is 4.90 Å². The number of rotatable bonds is 4. The third-order valence-electron chi connectivity index (χ3n) is 3.86. The molecule has 1 aliphatic rings. The lowest BCUT2D eigenvalue weighted by molar-refractivity contribution is -0.128. The second kappa shape index (κ2) is 5.64. The first-order valence-electron chi connectivity index (χ1n) is 6.94. The van der Waals surface area contributed by atoms with Crippen molar-refractivity contribution >= 4 is 26.9 Å². The van der Waals surface area contributed by atoms with Crippen LogP contribution < -0.4 is 0 Å². The molecule has 116 valence electrons. The van der Waals surface area contributed by atoms with Gasteiger partial charge in [0.2, 0.25) is 5.91 Å². The molecule has 5 nitrogen and oxygen atoms in total. The van der Waals surface area contributed by atoms with Crippen molar-refractivity contribution in [3.05, 3.63) is 42.2 Å². The zero-order chi connectivity index (χ0) is 15.7. The quantitative estimate of drug-likeness (QED) is 0.806. The maximum atomic E-state index is 12.8. The Morgan fingerprint density at radius 3 is 2.91 bits per heavy atom. The molecule has 22 heavy (non-hydrogen) atoms. The van der Waals surface area contributed by atoms with Crippen molar-refractivity contribution in [3.63, 3.8) is 0 Å². The molecule has 7 heteroatoms. The second-order valence-electron chi connectivity index (χ2n) is 5.56. The summed E-state index contributed by atoms with van der Waals surface area (Å²) in [6.45, 7) is 0.659. The van der Waals surface area contributed by atoms with Gasteiger partial charge in [-0.3, -0.25) is 9.78 Å². The largest absolute Gasteiger partial charge is 0.338 e. The van der Waals surface area contributed by atoms with Gasteiger partial charge in [0.05, 0.1) is 5.75 Å². The zero-order valence-electron chi connectivity index (χ0n) is 11.8. The monoisotopic (exact) mass is 322 g/mol. The highest BCUT2D eigenvalue weighted by Crippen LogP contribution is 2.25. The molecule has 0 aliphatic carbocycles. The number of amides is 1. The van der Waals surface area contributed by atoms with Crippen LogP contribution in [0.5, 0.6) is 0 Å². The number of carbonyl (C=O) groups excluding carboxylic acids is 1. The van der Waals surface area contributed by atoms with Crippen LogP contribution in [0.25, 0.3) is 10.8 Å². The van der Waals surface area contributed by atoms with Gasteiger partial charge in [0.1, 0.15) is 0 Å². The Labute approximate surface area is 128 Å². The van der Waals surface area contributed by atoms with E-state index in [1.807, 2.05) is 24.3 Å². The summed E-state index contributed by atoms with van der Waals surface area (Å²) in [4.78, 5) is 17.7. The molecule has 1 fully saturated rings. The summed E-state index contributed by atoms with van der Waals surface area (Å²) in [5, 5.41) is 1.99. The van der Waals surface area contributed by atoms with E-state index >= 15 is 0 Å². The van der Waals surface area contributed by atoms with Gasteiger partial charge in [-0.05, 0) is 17.0 Å². The van der Waals surface area contributed by atoms with E-state index in [1.54, 1.807) is 17.3 Å². The topological polar surface area (TPSA) is 67.3 Å². The summed E-state index contributed by atoms with van der Waals surface area (Å²) < 4.78 is 34.2. The van der Waals surface area contributed by atoms with Crippen molar-refractivity contribution < 1.29 is 17.1 Å². The van der Waals surface area contributed by atoms with E-state index in [-0.39, 0.29) is 18.9 Å². The molecule has 1 unspecified atom stereocenters. The van der Waals surface area contributed by atoms with Crippen molar-refractivity contribution in [2.75, 3.05) is 12.3 Å². The Morgan fingerprint density at radius 1 is 1.32 bits per heavy atom. The van der Waals surface area contributed by atoms with Crippen LogP contribution in [0.2, 0.25) is 0 Å². The lowest BCUT2D eigenvalue weighted by atomic mass is 10.1. The van der Waals surface area contributed by atoms with E-state index in [0.29, 0.717) is 6.54 Å².